The summed E-state index contributed by atoms with van der Waals surface area (Å²) in [6, 6.07) is 16.5. The van der Waals surface area contributed by atoms with Crippen molar-refractivity contribution in [2.24, 2.45) is 5.73 Å². The average Bonchev–Trinajstić information content (AvgIpc) is 2.63. The molecular formula is C20H24BrN3O2. The summed E-state index contributed by atoms with van der Waals surface area (Å²) in [7, 11) is 0. The molecule has 0 saturated heterocycles. The Balaban J connectivity index is 1.98. The second-order valence-electron chi connectivity index (χ2n) is 6.14. The lowest BCUT2D eigenvalue weighted by molar-refractivity contribution is -0.121. The van der Waals surface area contributed by atoms with Crippen LogP contribution in [0.5, 0.6) is 0 Å². The van der Waals surface area contributed by atoms with Crippen LogP contribution in [0.2, 0.25) is 0 Å². The molecule has 0 fully saturated rings. The zero-order valence-corrected chi connectivity index (χ0v) is 16.3. The zero-order chi connectivity index (χ0) is 18.9. The van der Waals surface area contributed by atoms with E-state index >= 15 is 0 Å². The molecule has 5 nitrogen and oxygen atoms in total. The average molecular weight is 418 g/mol. The Labute approximate surface area is 162 Å². The normalized spacial score (nSPS) is 12.8. The maximum Gasteiger partial charge on any atom is 0.312 e. The first-order valence-corrected chi connectivity index (χ1v) is 9.42. The molecule has 138 valence electrons. The van der Waals surface area contributed by atoms with Gasteiger partial charge in [-0.05, 0) is 29.7 Å². The van der Waals surface area contributed by atoms with Gasteiger partial charge in [0.1, 0.15) is 0 Å². The van der Waals surface area contributed by atoms with Gasteiger partial charge in [0, 0.05) is 16.9 Å². The molecule has 2 atom stereocenters. The lowest BCUT2D eigenvalue weighted by atomic mass is 9.96. The number of hydrogen-bond donors (Lipinski definition) is 3. The molecule has 0 radical (unpaired) electrons. The third-order valence-corrected chi connectivity index (χ3v) is 4.82. The molecule has 0 saturated carbocycles. The minimum atomic E-state index is -0.651. The Morgan fingerprint density at radius 2 is 1.69 bits per heavy atom. The predicted octanol–water partition coefficient (Wildman–Crippen LogP) is 3.86. The topological polar surface area (TPSA) is 84.2 Å². The fraction of sp³-hybridized carbons (Fsp3) is 0.300. The number of halogens is 1. The van der Waals surface area contributed by atoms with E-state index in [1.165, 1.54) is 5.56 Å². The number of primary amides is 1. The summed E-state index contributed by atoms with van der Waals surface area (Å²) in [5, 5.41) is 5.62. The van der Waals surface area contributed by atoms with Crippen LogP contribution in [-0.2, 0) is 4.79 Å². The van der Waals surface area contributed by atoms with Crippen LogP contribution >= 0.6 is 15.9 Å². The summed E-state index contributed by atoms with van der Waals surface area (Å²) in [6.45, 7) is 2.66. The monoisotopic (exact) mass is 417 g/mol. The highest BCUT2D eigenvalue weighted by Gasteiger charge is 2.18. The van der Waals surface area contributed by atoms with Gasteiger partial charge in [0.15, 0.2) is 0 Å². The van der Waals surface area contributed by atoms with Gasteiger partial charge in [0.2, 0.25) is 5.91 Å². The molecule has 6 heteroatoms. The fourth-order valence-corrected chi connectivity index (χ4v) is 3.10. The van der Waals surface area contributed by atoms with E-state index < -0.39 is 12.1 Å². The molecule has 26 heavy (non-hydrogen) atoms. The Morgan fingerprint density at radius 3 is 2.27 bits per heavy atom. The van der Waals surface area contributed by atoms with Crippen LogP contribution < -0.4 is 16.4 Å². The van der Waals surface area contributed by atoms with Crippen molar-refractivity contribution in [2.45, 2.75) is 31.7 Å². The van der Waals surface area contributed by atoms with Gasteiger partial charge in [-0.2, -0.15) is 0 Å². The van der Waals surface area contributed by atoms with E-state index in [1.807, 2.05) is 42.5 Å². The molecule has 3 amide bonds. The van der Waals surface area contributed by atoms with E-state index in [9.17, 15) is 9.59 Å². The van der Waals surface area contributed by atoms with Crippen molar-refractivity contribution in [1.29, 1.82) is 0 Å². The summed E-state index contributed by atoms with van der Waals surface area (Å²) in [4.78, 5) is 23.7. The number of nitrogens with one attached hydrogen (secondary N) is 2. The number of carbonyl (C=O) groups is 2. The first kappa shape index (κ1) is 20.0. The number of urea groups is 1. The largest absolute Gasteiger partial charge is 0.355 e. The molecule has 0 aliphatic carbocycles. The van der Waals surface area contributed by atoms with E-state index in [-0.39, 0.29) is 18.2 Å². The highest BCUT2D eigenvalue weighted by Crippen LogP contribution is 2.21. The number of carbonyl (C=O) groups excluding carboxylic acids is 2. The summed E-state index contributed by atoms with van der Waals surface area (Å²) in [5.74, 6) is 0.136. The molecule has 0 heterocycles. The van der Waals surface area contributed by atoms with Crippen LogP contribution in [0.3, 0.4) is 0 Å². The van der Waals surface area contributed by atoms with Crippen molar-refractivity contribution >= 4 is 27.9 Å². The van der Waals surface area contributed by atoms with Crippen molar-refractivity contribution in [3.8, 4) is 0 Å². The lowest BCUT2D eigenvalue weighted by Gasteiger charge is -2.20. The van der Waals surface area contributed by atoms with Gasteiger partial charge in [-0.15, -0.1) is 0 Å². The highest BCUT2D eigenvalue weighted by molar-refractivity contribution is 9.10. The SMILES string of the molecule is CC[C@@H](CNC(=O)C[C@H](NC(N)=O)c1ccc(Br)cc1)c1ccccc1. The van der Waals surface area contributed by atoms with E-state index in [0.29, 0.717) is 6.54 Å². The van der Waals surface area contributed by atoms with Crippen LogP contribution in [0.4, 0.5) is 4.79 Å². The minimum absolute atomic E-state index is 0.124. The second kappa shape index (κ2) is 9.97. The molecule has 2 aromatic carbocycles. The van der Waals surface area contributed by atoms with Gasteiger partial charge in [-0.1, -0.05) is 65.3 Å². The standard InChI is InChI=1S/C20H24BrN3O2/c1-2-14(15-6-4-3-5-7-15)13-23-19(25)12-18(24-20(22)26)16-8-10-17(21)11-9-16/h3-11,14,18H,2,12-13H2,1H3,(H,23,25)(H3,22,24,26)/t14-,18-/m0/s1. The summed E-state index contributed by atoms with van der Waals surface area (Å²) >= 11 is 3.38. The van der Waals surface area contributed by atoms with Crippen molar-refractivity contribution in [1.82, 2.24) is 10.6 Å². The fourth-order valence-electron chi connectivity index (χ4n) is 2.84. The van der Waals surface area contributed by atoms with Crippen molar-refractivity contribution in [3.63, 3.8) is 0 Å². The van der Waals surface area contributed by atoms with Crippen LogP contribution in [0.1, 0.15) is 42.9 Å². The lowest BCUT2D eigenvalue weighted by Crippen LogP contribution is -2.37. The number of rotatable bonds is 8. The summed E-state index contributed by atoms with van der Waals surface area (Å²) < 4.78 is 0.928. The van der Waals surface area contributed by atoms with E-state index in [1.54, 1.807) is 0 Å². The molecule has 0 bridgehead atoms. The Morgan fingerprint density at radius 1 is 1.04 bits per heavy atom. The molecule has 0 aliphatic rings. The third-order valence-electron chi connectivity index (χ3n) is 4.29. The molecular weight excluding hydrogens is 394 g/mol. The first-order valence-electron chi connectivity index (χ1n) is 8.62. The molecule has 0 aliphatic heterocycles. The Hall–Kier alpha value is -2.34. The second-order valence-corrected chi connectivity index (χ2v) is 7.05. The Bertz CT molecular complexity index is 720. The van der Waals surface area contributed by atoms with Crippen LogP contribution in [0.15, 0.2) is 59.1 Å². The maximum atomic E-state index is 12.4. The van der Waals surface area contributed by atoms with E-state index in [2.05, 4.69) is 45.6 Å². The quantitative estimate of drug-likeness (QED) is 0.608. The summed E-state index contributed by atoms with van der Waals surface area (Å²) in [5.41, 5.74) is 7.30. The predicted molar refractivity (Wildman–Crippen MR) is 107 cm³/mol. The van der Waals surface area contributed by atoms with Crippen LogP contribution in [0.25, 0.3) is 0 Å². The van der Waals surface area contributed by atoms with Gasteiger partial charge >= 0.3 is 6.03 Å². The highest BCUT2D eigenvalue weighted by atomic mass is 79.9. The Kier molecular flexibility index (Phi) is 7.66. The molecule has 4 N–H and O–H groups in total. The van der Waals surface area contributed by atoms with Gasteiger partial charge in [0.05, 0.1) is 12.5 Å². The molecule has 2 aromatic rings. The number of benzene rings is 2. The smallest absolute Gasteiger partial charge is 0.312 e. The van der Waals surface area contributed by atoms with Crippen molar-refractivity contribution in [2.75, 3.05) is 6.54 Å². The number of nitrogens with two attached hydrogens (primary N) is 1. The van der Waals surface area contributed by atoms with E-state index in [4.69, 9.17) is 5.73 Å². The van der Waals surface area contributed by atoms with Crippen LogP contribution in [0, 0.1) is 0 Å². The summed E-state index contributed by atoms with van der Waals surface area (Å²) in [6.07, 6.45) is 1.07. The van der Waals surface area contributed by atoms with Gasteiger partial charge in [-0.3, -0.25) is 4.79 Å². The molecule has 2 rings (SSSR count). The van der Waals surface area contributed by atoms with Gasteiger partial charge < -0.3 is 16.4 Å². The number of amides is 3. The molecule has 0 unspecified atom stereocenters. The van der Waals surface area contributed by atoms with Crippen molar-refractivity contribution < 1.29 is 9.59 Å². The third kappa shape index (κ3) is 6.19. The van der Waals surface area contributed by atoms with Gasteiger partial charge in [-0.25, -0.2) is 4.79 Å². The molecule has 0 aromatic heterocycles. The molecule has 0 spiro atoms. The first-order chi connectivity index (χ1) is 12.5. The maximum absolute atomic E-state index is 12.4. The number of hydrogen-bond acceptors (Lipinski definition) is 2. The van der Waals surface area contributed by atoms with E-state index in [0.717, 1.165) is 16.5 Å². The minimum Gasteiger partial charge on any atom is -0.355 e. The zero-order valence-electron chi connectivity index (χ0n) is 14.7. The van der Waals surface area contributed by atoms with Crippen LogP contribution in [-0.4, -0.2) is 18.5 Å². The van der Waals surface area contributed by atoms with Crippen molar-refractivity contribution in [3.05, 3.63) is 70.2 Å². The van der Waals surface area contributed by atoms with Gasteiger partial charge in [0.25, 0.3) is 0 Å².